The first-order valence-corrected chi connectivity index (χ1v) is 9.21. The minimum atomic E-state index is -3.78. The molecule has 2 aromatic carbocycles. The summed E-state index contributed by atoms with van der Waals surface area (Å²) in [5, 5.41) is 0. The van der Waals surface area contributed by atoms with Gasteiger partial charge in [-0.1, -0.05) is 24.3 Å². The van der Waals surface area contributed by atoms with E-state index in [-0.39, 0.29) is 17.1 Å². The normalized spacial score (nSPS) is 12.4. The van der Waals surface area contributed by atoms with Gasteiger partial charge in [-0.2, -0.15) is 0 Å². The summed E-state index contributed by atoms with van der Waals surface area (Å²) in [6.07, 6.45) is 0. The molecule has 6 nitrogen and oxygen atoms in total. The van der Waals surface area contributed by atoms with E-state index in [4.69, 9.17) is 4.74 Å². The number of hydrogen-bond acceptors (Lipinski definition) is 5. The first-order chi connectivity index (χ1) is 11.8. The summed E-state index contributed by atoms with van der Waals surface area (Å²) in [4.78, 5) is 11.7. The summed E-state index contributed by atoms with van der Waals surface area (Å²) >= 11 is 0. The smallest absolute Gasteiger partial charge is 0.338 e. The van der Waals surface area contributed by atoms with Crippen LogP contribution in [0.5, 0.6) is 5.75 Å². The largest absolute Gasteiger partial charge is 0.492 e. The summed E-state index contributed by atoms with van der Waals surface area (Å²) in [5.41, 5.74) is 0.866. The molecule has 0 heterocycles. The zero-order valence-corrected chi connectivity index (χ0v) is 15.2. The molecule has 0 aromatic heterocycles. The van der Waals surface area contributed by atoms with Crippen LogP contribution in [0.25, 0.3) is 0 Å². The predicted octanol–water partition coefficient (Wildman–Crippen LogP) is 2.53. The summed E-state index contributed by atoms with van der Waals surface area (Å²) in [6.45, 7) is 3.60. The van der Waals surface area contributed by atoms with E-state index in [0.717, 1.165) is 0 Å². The Morgan fingerprint density at radius 3 is 2.48 bits per heavy atom. The van der Waals surface area contributed by atoms with Crippen molar-refractivity contribution in [3.8, 4) is 5.75 Å². The van der Waals surface area contributed by atoms with E-state index in [1.165, 1.54) is 19.2 Å². The number of nitrogens with one attached hydrogen (secondary N) is 1. The Kier molecular flexibility index (Phi) is 6.17. The fourth-order valence-electron chi connectivity index (χ4n) is 2.20. The maximum absolute atomic E-state index is 12.5. The molecule has 0 spiro atoms. The van der Waals surface area contributed by atoms with Crippen molar-refractivity contribution in [2.45, 2.75) is 24.8 Å². The number of rotatable bonds is 7. The van der Waals surface area contributed by atoms with Gasteiger partial charge in [-0.15, -0.1) is 0 Å². The van der Waals surface area contributed by atoms with Crippen molar-refractivity contribution in [1.29, 1.82) is 0 Å². The SMILES string of the molecule is COC(=O)c1cc(S(=O)(=O)N[C@@H](C)COc2ccccc2)ccc1C. The number of aryl methyl sites for hydroxylation is 1. The Morgan fingerprint density at radius 1 is 1.16 bits per heavy atom. The van der Waals surface area contributed by atoms with Crippen LogP contribution in [0.2, 0.25) is 0 Å². The van der Waals surface area contributed by atoms with Crippen molar-refractivity contribution >= 4 is 16.0 Å². The van der Waals surface area contributed by atoms with Crippen LogP contribution in [0.15, 0.2) is 53.4 Å². The molecule has 1 N–H and O–H groups in total. The third kappa shape index (κ3) is 5.04. The highest BCUT2D eigenvalue weighted by molar-refractivity contribution is 7.89. The summed E-state index contributed by atoms with van der Waals surface area (Å²) in [5.74, 6) is 0.0897. The van der Waals surface area contributed by atoms with Gasteiger partial charge in [0.2, 0.25) is 10.0 Å². The van der Waals surface area contributed by atoms with Crippen LogP contribution >= 0.6 is 0 Å². The third-order valence-corrected chi connectivity index (χ3v) is 5.11. The molecule has 2 rings (SSSR count). The molecular formula is C18H21NO5S. The van der Waals surface area contributed by atoms with Crippen LogP contribution in [0, 0.1) is 6.92 Å². The zero-order valence-electron chi connectivity index (χ0n) is 14.4. The molecule has 0 amide bonds. The Labute approximate surface area is 147 Å². The minimum absolute atomic E-state index is 0.00469. The van der Waals surface area contributed by atoms with E-state index >= 15 is 0 Å². The van der Waals surface area contributed by atoms with Gasteiger partial charge in [0, 0.05) is 0 Å². The number of ether oxygens (including phenoxy) is 2. The average molecular weight is 363 g/mol. The Morgan fingerprint density at radius 2 is 1.84 bits per heavy atom. The molecule has 0 aliphatic rings. The fraction of sp³-hybridized carbons (Fsp3) is 0.278. The molecule has 0 radical (unpaired) electrons. The molecule has 0 fully saturated rings. The fourth-order valence-corrected chi connectivity index (χ4v) is 3.46. The van der Waals surface area contributed by atoms with Gasteiger partial charge in [-0.3, -0.25) is 0 Å². The lowest BCUT2D eigenvalue weighted by Crippen LogP contribution is -2.36. The number of esters is 1. The van der Waals surface area contributed by atoms with Crippen molar-refractivity contribution in [2.75, 3.05) is 13.7 Å². The van der Waals surface area contributed by atoms with Gasteiger partial charge in [0.25, 0.3) is 0 Å². The molecule has 0 aliphatic carbocycles. The quantitative estimate of drug-likeness (QED) is 0.765. The lowest BCUT2D eigenvalue weighted by molar-refractivity contribution is 0.0599. The Bertz CT molecular complexity index is 834. The van der Waals surface area contributed by atoms with Gasteiger partial charge >= 0.3 is 5.97 Å². The molecule has 0 unspecified atom stereocenters. The molecule has 2 aromatic rings. The van der Waals surface area contributed by atoms with Gasteiger partial charge in [-0.05, 0) is 43.7 Å². The van der Waals surface area contributed by atoms with Crippen molar-refractivity contribution < 1.29 is 22.7 Å². The molecule has 0 bridgehead atoms. The molecule has 0 aliphatic heterocycles. The maximum atomic E-state index is 12.5. The van der Waals surface area contributed by atoms with E-state index in [2.05, 4.69) is 9.46 Å². The Balaban J connectivity index is 2.09. The number of para-hydroxylation sites is 1. The number of methoxy groups -OCH3 is 1. The van der Waals surface area contributed by atoms with Crippen LogP contribution in [-0.2, 0) is 14.8 Å². The minimum Gasteiger partial charge on any atom is -0.492 e. The molecule has 25 heavy (non-hydrogen) atoms. The number of carbonyl (C=O) groups excluding carboxylic acids is 1. The summed E-state index contributed by atoms with van der Waals surface area (Å²) < 4.78 is 37.8. The Hall–Kier alpha value is -2.38. The van der Waals surface area contributed by atoms with Gasteiger partial charge < -0.3 is 9.47 Å². The standard InChI is InChI=1S/C18H21NO5S/c1-13-9-10-16(11-17(13)18(20)23-3)25(21,22)19-14(2)12-24-15-7-5-4-6-8-15/h4-11,14,19H,12H2,1-3H3/t14-/m0/s1. The molecule has 134 valence electrons. The molecule has 7 heteroatoms. The van der Waals surface area contributed by atoms with E-state index < -0.39 is 22.0 Å². The molecule has 1 atom stereocenters. The topological polar surface area (TPSA) is 81.7 Å². The summed E-state index contributed by atoms with van der Waals surface area (Å²) in [6, 6.07) is 13.0. The average Bonchev–Trinajstić information content (AvgIpc) is 2.60. The van der Waals surface area contributed by atoms with Crippen molar-refractivity contribution in [3.63, 3.8) is 0 Å². The van der Waals surface area contributed by atoms with Crippen molar-refractivity contribution in [2.24, 2.45) is 0 Å². The first kappa shape index (κ1) is 19.0. The third-order valence-electron chi connectivity index (χ3n) is 3.52. The zero-order chi connectivity index (χ0) is 18.4. The highest BCUT2D eigenvalue weighted by Gasteiger charge is 2.20. The van der Waals surface area contributed by atoms with Crippen LogP contribution in [0.4, 0.5) is 0 Å². The van der Waals surface area contributed by atoms with E-state index in [0.29, 0.717) is 11.3 Å². The van der Waals surface area contributed by atoms with Crippen LogP contribution < -0.4 is 9.46 Å². The van der Waals surface area contributed by atoms with E-state index in [9.17, 15) is 13.2 Å². The first-order valence-electron chi connectivity index (χ1n) is 7.72. The van der Waals surface area contributed by atoms with Crippen LogP contribution in [0.3, 0.4) is 0 Å². The summed E-state index contributed by atoms with van der Waals surface area (Å²) in [7, 11) is -2.53. The highest BCUT2D eigenvalue weighted by Crippen LogP contribution is 2.17. The van der Waals surface area contributed by atoms with Crippen LogP contribution in [-0.4, -0.2) is 34.1 Å². The molecule has 0 saturated heterocycles. The predicted molar refractivity (Wildman–Crippen MR) is 94.2 cm³/mol. The highest BCUT2D eigenvalue weighted by atomic mass is 32.2. The van der Waals surface area contributed by atoms with Gasteiger partial charge in [0.15, 0.2) is 0 Å². The number of benzene rings is 2. The second-order valence-corrected chi connectivity index (χ2v) is 7.33. The lowest BCUT2D eigenvalue weighted by atomic mass is 10.1. The second kappa shape index (κ2) is 8.13. The maximum Gasteiger partial charge on any atom is 0.338 e. The monoisotopic (exact) mass is 363 g/mol. The number of sulfonamides is 1. The molecular weight excluding hydrogens is 342 g/mol. The van der Waals surface area contributed by atoms with Crippen molar-refractivity contribution in [1.82, 2.24) is 4.72 Å². The van der Waals surface area contributed by atoms with Gasteiger partial charge in [0.1, 0.15) is 12.4 Å². The lowest BCUT2D eigenvalue weighted by Gasteiger charge is -2.16. The van der Waals surface area contributed by atoms with Gasteiger partial charge in [-0.25, -0.2) is 17.9 Å². The van der Waals surface area contributed by atoms with Crippen molar-refractivity contribution in [3.05, 3.63) is 59.7 Å². The van der Waals surface area contributed by atoms with E-state index in [1.807, 2.05) is 18.2 Å². The van der Waals surface area contributed by atoms with Gasteiger partial charge in [0.05, 0.1) is 23.6 Å². The van der Waals surface area contributed by atoms with Crippen LogP contribution in [0.1, 0.15) is 22.8 Å². The number of carbonyl (C=O) groups is 1. The number of hydrogen-bond donors (Lipinski definition) is 1. The van der Waals surface area contributed by atoms with E-state index in [1.54, 1.807) is 32.0 Å². The second-order valence-electron chi connectivity index (χ2n) is 5.61. The molecule has 0 saturated carbocycles.